The van der Waals surface area contributed by atoms with Crippen LogP contribution < -0.4 is 15.9 Å². The Bertz CT molecular complexity index is 1030. The lowest BCUT2D eigenvalue weighted by atomic mass is 10.2. The summed E-state index contributed by atoms with van der Waals surface area (Å²) in [6.45, 7) is 3.68. The molecule has 0 aliphatic carbocycles. The van der Waals surface area contributed by atoms with Crippen LogP contribution >= 0.6 is 0 Å². The largest absolute Gasteiger partial charge is 0.354 e. The van der Waals surface area contributed by atoms with E-state index >= 15 is 0 Å². The molecule has 7 heteroatoms. The molecule has 1 saturated heterocycles. The number of carbonyl (C=O) groups is 1. The van der Waals surface area contributed by atoms with E-state index in [1.165, 1.54) is 17.4 Å². The van der Waals surface area contributed by atoms with Crippen molar-refractivity contribution < 1.29 is 4.79 Å². The van der Waals surface area contributed by atoms with Crippen LogP contribution in [0.25, 0.3) is 11.0 Å². The second kappa shape index (κ2) is 6.90. The summed E-state index contributed by atoms with van der Waals surface area (Å²) >= 11 is 0. The SMILES string of the molecule is C[C@H]1CCCN1c1ccc(CNC(=O)c2ccc3c(c2)[nH]c(=O)n3C)cn1. The maximum absolute atomic E-state index is 12.4. The molecular weight excluding hydrogens is 342 g/mol. The van der Waals surface area contributed by atoms with E-state index in [9.17, 15) is 9.59 Å². The fourth-order valence-electron chi connectivity index (χ4n) is 3.63. The summed E-state index contributed by atoms with van der Waals surface area (Å²) in [6, 6.07) is 9.75. The summed E-state index contributed by atoms with van der Waals surface area (Å²) in [5.41, 5.74) is 2.70. The van der Waals surface area contributed by atoms with Crippen molar-refractivity contribution in [2.75, 3.05) is 11.4 Å². The number of aryl methyl sites for hydroxylation is 1. The number of benzene rings is 1. The van der Waals surface area contributed by atoms with E-state index in [4.69, 9.17) is 0 Å². The van der Waals surface area contributed by atoms with Gasteiger partial charge in [0.15, 0.2) is 0 Å². The number of aromatic nitrogens is 3. The molecule has 3 heterocycles. The Morgan fingerprint density at radius 1 is 1.33 bits per heavy atom. The Hall–Kier alpha value is -3.09. The van der Waals surface area contributed by atoms with E-state index in [0.29, 0.717) is 23.7 Å². The van der Waals surface area contributed by atoms with Gasteiger partial charge in [-0.1, -0.05) is 6.07 Å². The highest BCUT2D eigenvalue weighted by Gasteiger charge is 2.21. The molecule has 1 aliphatic heterocycles. The lowest BCUT2D eigenvalue weighted by molar-refractivity contribution is 0.0951. The molecule has 0 bridgehead atoms. The van der Waals surface area contributed by atoms with Crippen molar-refractivity contribution in [3.63, 3.8) is 0 Å². The van der Waals surface area contributed by atoms with Gasteiger partial charge in [0.1, 0.15) is 5.82 Å². The molecule has 0 unspecified atom stereocenters. The van der Waals surface area contributed by atoms with Crippen molar-refractivity contribution in [1.82, 2.24) is 19.9 Å². The number of imidazole rings is 1. The van der Waals surface area contributed by atoms with Crippen molar-refractivity contribution in [2.24, 2.45) is 7.05 Å². The van der Waals surface area contributed by atoms with Gasteiger partial charge in [0, 0.05) is 37.9 Å². The zero-order chi connectivity index (χ0) is 19.0. The average molecular weight is 365 g/mol. The first-order valence-electron chi connectivity index (χ1n) is 9.21. The zero-order valence-corrected chi connectivity index (χ0v) is 15.5. The van der Waals surface area contributed by atoms with Crippen molar-refractivity contribution in [3.8, 4) is 0 Å². The third-order valence-electron chi connectivity index (χ3n) is 5.28. The monoisotopic (exact) mass is 365 g/mol. The highest BCUT2D eigenvalue weighted by molar-refractivity contribution is 5.97. The van der Waals surface area contributed by atoms with Gasteiger partial charge in [-0.2, -0.15) is 0 Å². The average Bonchev–Trinajstić information content (AvgIpc) is 3.23. The molecule has 2 aromatic heterocycles. The van der Waals surface area contributed by atoms with Crippen LogP contribution in [0.2, 0.25) is 0 Å². The highest BCUT2D eigenvalue weighted by Crippen LogP contribution is 2.23. The Morgan fingerprint density at radius 2 is 2.19 bits per heavy atom. The van der Waals surface area contributed by atoms with Gasteiger partial charge in [-0.25, -0.2) is 9.78 Å². The normalized spacial score (nSPS) is 16.8. The molecule has 2 N–H and O–H groups in total. The van der Waals surface area contributed by atoms with Crippen LogP contribution in [0.1, 0.15) is 35.7 Å². The Morgan fingerprint density at radius 3 is 2.89 bits per heavy atom. The number of carbonyl (C=O) groups excluding carboxylic acids is 1. The number of nitrogens with one attached hydrogen (secondary N) is 2. The molecule has 1 aliphatic rings. The third-order valence-corrected chi connectivity index (χ3v) is 5.28. The maximum atomic E-state index is 12.4. The number of aromatic amines is 1. The zero-order valence-electron chi connectivity index (χ0n) is 15.5. The van der Waals surface area contributed by atoms with Crippen molar-refractivity contribution in [1.29, 1.82) is 0 Å². The Labute approximate surface area is 157 Å². The quantitative estimate of drug-likeness (QED) is 0.742. The number of hydrogen-bond acceptors (Lipinski definition) is 4. The predicted octanol–water partition coefficient (Wildman–Crippen LogP) is 2.18. The second-order valence-corrected chi connectivity index (χ2v) is 7.11. The summed E-state index contributed by atoms with van der Waals surface area (Å²) in [7, 11) is 1.69. The maximum Gasteiger partial charge on any atom is 0.326 e. The number of amides is 1. The highest BCUT2D eigenvalue weighted by atomic mass is 16.2. The van der Waals surface area contributed by atoms with Gasteiger partial charge in [-0.3, -0.25) is 9.36 Å². The van der Waals surface area contributed by atoms with E-state index in [1.54, 1.807) is 25.2 Å². The summed E-state index contributed by atoms with van der Waals surface area (Å²) in [5, 5.41) is 2.91. The fourth-order valence-corrected chi connectivity index (χ4v) is 3.63. The Kier molecular flexibility index (Phi) is 4.43. The van der Waals surface area contributed by atoms with Crippen LogP contribution in [-0.2, 0) is 13.6 Å². The lowest BCUT2D eigenvalue weighted by Gasteiger charge is -2.22. The molecule has 1 aromatic carbocycles. The molecule has 140 valence electrons. The molecule has 0 saturated carbocycles. The molecule has 3 aromatic rings. The number of hydrogen-bond donors (Lipinski definition) is 2. The van der Waals surface area contributed by atoms with Gasteiger partial charge in [-0.15, -0.1) is 0 Å². The molecule has 1 atom stereocenters. The number of H-pyrrole nitrogens is 1. The number of anilines is 1. The van der Waals surface area contributed by atoms with Crippen molar-refractivity contribution >= 4 is 22.8 Å². The van der Waals surface area contributed by atoms with Crippen molar-refractivity contribution in [2.45, 2.75) is 32.4 Å². The molecule has 7 nitrogen and oxygen atoms in total. The van der Waals surface area contributed by atoms with Crippen LogP contribution in [0.3, 0.4) is 0 Å². The van der Waals surface area contributed by atoms with Gasteiger partial charge in [0.05, 0.1) is 11.0 Å². The summed E-state index contributed by atoms with van der Waals surface area (Å²) in [4.78, 5) is 33.7. The number of rotatable bonds is 4. The van der Waals surface area contributed by atoms with Crippen LogP contribution in [0.15, 0.2) is 41.3 Å². The minimum atomic E-state index is -0.193. The van der Waals surface area contributed by atoms with Gasteiger partial charge in [0.25, 0.3) is 5.91 Å². The molecule has 0 radical (unpaired) electrons. The number of pyridine rings is 1. The van der Waals surface area contributed by atoms with Crippen LogP contribution in [-0.4, -0.2) is 33.0 Å². The molecule has 4 rings (SSSR count). The minimum absolute atomic E-state index is 0.182. The first kappa shape index (κ1) is 17.3. The van der Waals surface area contributed by atoms with Gasteiger partial charge in [-0.05, 0) is 49.6 Å². The second-order valence-electron chi connectivity index (χ2n) is 7.11. The Balaban J connectivity index is 1.42. The molecule has 1 amide bonds. The van der Waals surface area contributed by atoms with Gasteiger partial charge >= 0.3 is 5.69 Å². The third kappa shape index (κ3) is 3.32. The van der Waals surface area contributed by atoms with Crippen molar-refractivity contribution in [3.05, 3.63) is 58.1 Å². The lowest BCUT2D eigenvalue weighted by Crippen LogP contribution is -2.27. The first-order valence-corrected chi connectivity index (χ1v) is 9.21. The predicted molar refractivity (Wildman–Crippen MR) is 105 cm³/mol. The van der Waals surface area contributed by atoms with Crippen LogP contribution in [0, 0.1) is 0 Å². The van der Waals surface area contributed by atoms with Gasteiger partial charge < -0.3 is 15.2 Å². The van der Waals surface area contributed by atoms with E-state index in [2.05, 4.69) is 27.1 Å². The standard InChI is InChI=1S/C20H23N5O2/c1-13-4-3-9-25(13)18-8-5-14(11-21-18)12-22-19(26)15-6-7-17-16(10-15)23-20(27)24(17)2/h5-8,10-11,13H,3-4,9,12H2,1-2H3,(H,22,26)(H,23,27)/t13-/m0/s1. The fraction of sp³-hybridized carbons (Fsp3) is 0.350. The smallest absolute Gasteiger partial charge is 0.326 e. The van der Waals surface area contributed by atoms with Crippen LogP contribution in [0.5, 0.6) is 0 Å². The summed E-state index contributed by atoms with van der Waals surface area (Å²) in [5.74, 6) is 0.812. The molecule has 27 heavy (non-hydrogen) atoms. The van der Waals surface area contributed by atoms with E-state index < -0.39 is 0 Å². The molecule has 1 fully saturated rings. The van der Waals surface area contributed by atoms with E-state index in [1.807, 2.05) is 18.3 Å². The van der Waals surface area contributed by atoms with Crippen LogP contribution in [0.4, 0.5) is 5.82 Å². The topological polar surface area (TPSA) is 83.0 Å². The molecule has 0 spiro atoms. The summed E-state index contributed by atoms with van der Waals surface area (Å²) < 4.78 is 1.52. The van der Waals surface area contributed by atoms with Gasteiger partial charge in [0.2, 0.25) is 0 Å². The van der Waals surface area contributed by atoms with E-state index in [0.717, 1.165) is 23.4 Å². The number of fused-ring (bicyclic) bond motifs is 1. The first-order chi connectivity index (χ1) is 13.0. The summed E-state index contributed by atoms with van der Waals surface area (Å²) in [6.07, 6.45) is 4.23. The van der Waals surface area contributed by atoms with E-state index in [-0.39, 0.29) is 11.6 Å². The minimum Gasteiger partial charge on any atom is -0.354 e. The molecular formula is C20H23N5O2. The number of nitrogens with zero attached hydrogens (tertiary/aromatic N) is 3.